The third kappa shape index (κ3) is 6.35. The second-order valence-electron chi connectivity index (χ2n) is 6.50. The topological polar surface area (TPSA) is 24.9 Å². The number of rotatable bonds is 6. The quantitative estimate of drug-likeness (QED) is 0.620. The van der Waals surface area contributed by atoms with E-state index in [-0.39, 0.29) is 5.41 Å². The Morgan fingerprint density at radius 1 is 1.42 bits per heavy atom. The first-order chi connectivity index (χ1) is 8.79. The molecule has 1 N–H and O–H groups in total. The Hall–Kier alpha value is -0.670. The van der Waals surface area contributed by atoms with Crippen molar-refractivity contribution >= 4 is 11.3 Å². The molecule has 108 valence electrons. The van der Waals surface area contributed by atoms with Gasteiger partial charge in [0.2, 0.25) is 0 Å². The molecule has 0 aromatic carbocycles. The normalized spacial score (nSPS) is 13.3. The zero-order valence-electron chi connectivity index (χ0n) is 13.2. The van der Waals surface area contributed by atoms with Crippen LogP contribution >= 0.6 is 11.3 Å². The summed E-state index contributed by atoms with van der Waals surface area (Å²) in [7, 11) is 0. The first kappa shape index (κ1) is 16.4. The summed E-state index contributed by atoms with van der Waals surface area (Å²) in [5.74, 6) is 0. The van der Waals surface area contributed by atoms with Crippen LogP contribution in [-0.4, -0.2) is 17.6 Å². The Morgan fingerprint density at radius 3 is 2.63 bits per heavy atom. The molecule has 0 spiro atoms. The molecule has 19 heavy (non-hydrogen) atoms. The van der Waals surface area contributed by atoms with Gasteiger partial charge in [0, 0.05) is 23.3 Å². The molecular formula is C16H28N2S. The molecule has 0 aliphatic carbocycles. The highest BCUT2D eigenvalue weighted by Crippen LogP contribution is 2.24. The van der Waals surface area contributed by atoms with Gasteiger partial charge in [-0.2, -0.15) is 0 Å². The van der Waals surface area contributed by atoms with Crippen LogP contribution in [0.25, 0.3) is 0 Å². The number of hydrogen-bond donors (Lipinski definition) is 1. The predicted octanol–water partition coefficient (Wildman–Crippen LogP) is 4.32. The molecule has 0 fully saturated rings. The summed E-state index contributed by atoms with van der Waals surface area (Å²) in [6.07, 6.45) is 4.41. The maximum absolute atomic E-state index is 4.74. The zero-order valence-corrected chi connectivity index (χ0v) is 14.0. The van der Waals surface area contributed by atoms with Crippen molar-refractivity contribution < 1.29 is 0 Å². The molecule has 0 saturated heterocycles. The van der Waals surface area contributed by atoms with E-state index in [2.05, 4.69) is 58.3 Å². The molecule has 1 rings (SSSR count). The molecule has 3 heteroatoms. The molecular weight excluding hydrogens is 252 g/mol. The number of allylic oxidation sites excluding steroid dienone is 1. The summed E-state index contributed by atoms with van der Waals surface area (Å²) in [5, 5.41) is 6.86. The molecule has 0 unspecified atom stereocenters. The summed E-state index contributed by atoms with van der Waals surface area (Å²) < 4.78 is 0. The van der Waals surface area contributed by atoms with E-state index in [0.717, 1.165) is 19.4 Å². The Morgan fingerprint density at radius 2 is 2.11 bits per heavy atom. The van der Waals surface area contributed by atoms with E-state index in [0.29, 0.717) is 6.04 Å². The average molecular weight is 280 g/mol. The van der Waals surface area contributed by atoms with Crippen LogP contribution in [-0.2, 0) is 11.8 Å². The zero-order chi connectivity index (χ0) is 14.5. The average Bonchev–Trinajstić information content (AvgIpc) is 2.72. The van der Waals surface area contributed by atoms with Crippen LogP contribution in [0.2, 0.25) is 0 Å². The van der Waals surface area contributed by atoms with Crippen molar-refractivity contribution in [3.63, 3.8) is 0 Å². The van der Waals surface area contributed by atoms with Crippen molar-refractivity contribution in [1.82, 2.24) is 10.3 Å². The molecule has 2 nitrogen and oxygen atoms in total. The SMILES string of the molecule is CC(=CCCNC(C)C)Cc1nc(C(C)(C)C)cs1. The van der Waals surface area contributed by atoms with Gasteiger partial charge in [-0.1, -0.05) is 46.3 Å². The van der Waals surface area contributed by atoms with Gasteiger partial charge in [-0.05, 0) is 19.9 Å². The highest BCUT2D eigenvalue weighted by atomic mass is 32.1. The van der Waals surface area contributed by atoms with Gasteiger partial charge in [0.05, 0.1) is 10.7 Å². The van der Waals surface area contributed by atoms with Crippen molar-refractivity contribution in [2.24, 2.45) is 0 Å². The number of hydrogen-bond acceptors (Lipinski definition) is 3. The van der Waals surface area contributed by atoms with Crippen molar-refractivity contribution in [2.45, 2.75) is 65.8 Å². The predicted molar refractivity (Wildman–Crippen MR) is 86.0 cm³/mol. The van der Waals surface area contributed by atoms with Crippen LogP contribution in [0.1, 0.15) is 58.7 Å². The molecule has 0 radical (unpaired) electrons. The van der Waals surface area contributed by atoms with E-state index >= 15 is 0 Å². The fraction of sp³-hybridized carbons (Fsp3) is 0.688. The Balaban J connectivity index is 2.46. The van der Waals surface area contributed by atoms with Crippen LogP contribution < -0.4 is 5.32 Å². The fourth-order valence-corrected chi connectivity index (χ4v) is 2.85. The Kier molecular flexibility index (Phi) is 6.21. The molecule has 0 saturated carbocycles. The number of nitrogens with zero attached hydrogens (tertiary/aromatic N) is 1. The molecule has 0 aliphatic heterocycles. The molecule has 1 aromatic heterocycles. The number of thiazole rings is 1. The van der Waals surface area contributed by atoms with Crippen molar-refractivity contribution in [3.05, 3.63) is 27.7 Å². The van der Waals surface area contributed by atoms with Gasteiger partial charge in [0.1, 0.15) is 0 Å². The largest absolute Gasteiger partial charge is 0.314 e. The second-order valence-corrected chi connectivity index (χ2v) is 7.44. The lowest BCUT2D eigenvalue weighted by Gasteiger charge is -2.14. The van der Waals surface area contributed by atoms with E-state index in [1.807, 2.05) is 0 Å². The standard InChI is InChI=1S/C16H28N2S/c1-12(2)17-9-7-8-13(3)10-15-18-14(11-19-15)16(4,5)6/h8,11-12,17H,7,9-10H2,1-6H3. The van der Waals surface area contributed by atoms with E-state index in [1.54, 1.807) is 11.3 Å². The first-order valence-corrected chi connectivity index (χ1v) is 8.01. The minimum absolute atomic E-state index is 0.160. The molecule has 1 aromatic rings. The highest BCUT2D eigenvalue weighted by molar-refractivity contribution is 7.09. The molecule has 0 bridgehead atoms. The highest BCUT2D eigenvalue weighted by Gasteiger charge is 2.17. The summed E-state index contributed by atoms with van der Waals surface area (Å²) in [5.41, 5.74) is 2.79. The monoisotopic (exact) mass is 280 g/mol. The van der Waals surface area contributed by atoms with Gasteiger partial charge < -0.3 is 5.32 Å². The molecule has 1 heterocycles. The van der Waals surface area contributed by atoms with Gasteiger partial charge in [0.25, 0.3) is 0 Å². The van der Waals surface area contributed by atoms with Crippen LogP contribution in [0.4, 0.5) is 0 Å². The second kappa shape index (κ2) is 7.20. The minimum atomic E-state index is 0.160. The van der Waals surface area contributed by atoms with E-state index in [1.165, 1.54) is 16.3 Å². The van der Waals surface area contributed by atoms with Crippen molar-refractivity contribution in [3.8, 4) is 0 Å². The van der Waals surface area contributed by atoms with Gasteiger partial charge >= 0.3 is 0 Å². The van der Waals surface area contributed by atoms with E-state index in [9.17, 15) is 0 Å². The van der Waals surface area contributed by atoms with E-state index in [4.69, 9.17) is 4.98 Å². The summed E-state index contributed by atoms with van der Waals surface area (Å²) in [4.78, 5) is 4.74. The number of aromatic nitrogens is 1. The fourth-order valence-electron chi connectivity index (χ4n) is 1.74. The van der Waals surface area contributed by atoms with Crippen LogP contribution in [0.15, 0.2) is 17.0 Å². The maximum atomic E-state index is 4.74. The smallest absolute Gasteiger partial charge is 0.0968 e. The van der Waals surface area contributed by atoms with Crippen LogP contribution in [0, 0.1) is 0 Å². The molecule has 0 amide bonds. The lowest BCUT2D eigenvalue weighted by molar-refractivity contribution is 0.571. The van der Waals surface area contributed by atoms with Gasteiger partial charge in [0.15, 0.2) is 0 Å². The van der Waals surface area contributed by atoms with Crippen LogP contribution in [0.5, 0.6) is 0 Å². The van der Waals surface area contributed by atoms with Gasteiger partial charge in [-0.15, -0.1) is 11.3 Å². The summed E-state index contributed by atoms with van der Waals surface area (Å²) in [6.45, 7) is 14.3. The summed E-state index contributed by atoms with van der Waals surface area (Å²) in [6, 6.07) is 0.571. The molecule has 0 aliphatic rings. The minimum Gasteiger partial charge on any atom is -0.314 e. The molecule has 0 atom stereocenters. The lowest BCUT2D eigenvalue weighted by atomic mass is 9.93. The first-order valence-electron chi connectivity index (χ1n) is 7.13. The lowest BCUT2D eigenvalue weighted by Crippen LogP contribution is -2.23. The van der Waals surface area contributed by atoms with Gasteiger partial charge in [-0.3, -0.25) is 0 Å². The Bertz CT molecular complexity index is 411. The van der Waals surface area contributed by atoms with Crippen molar-refractivity contribution in [2.75, 3.05) is 6.54 Å². The number of nitrogens with one attached hydrogen (secondary N) is 1. The van der Waals surface area contributed by atoms with Gasteiger partial charge in [-0.25, -0.2) is 4.98 Å². The summed E-state index contributed by atoms with van der Waals surface area (Å²) >= 11 is 1.78. The third-order valence-corrected chi connectivity index (χ3v) is 3.79. The van der Waals surface area contributed by atoms with Crippen LogP contribution in [0.3, 0.4) is 0 Å². The van der Waals surface area contributed by atoms with E-state index < -0.39 is 0 Å². The Labute approximate surface area is 122 Å². The maximum Gasteiger partial charge on any atom is 0.0968 e. The van der Waals surface area contributed by atoms with Crippen molar-refractivity contribution in [1.29, 1.82) is 0 Å². The third-order valence-electron chi connectivity index (χ3n) is 2.94.